The van der Waals surface area contributed by atoms with Crippen LogP contribution >= 0.6 is 0 Å². The van der Waals surface area contributed by atoms with Gasteiger partial charge < -0.3 is 20.4 Å². The van der Waals surface area contributed by atoms with Gasteiger partial charge in [0.05, 0.1) is 0 Å². The van der Waals surface area contributed by atoms with E-state index < -0.39 is 0 Å². The average molecular weight is 415 g/mol. The number of piperazine rings is 1. The number of amides is 2. The van der Waals surface area contributed by atoms with Crippen LogP contribution in [-0.2, 0) is 9.59 Å². The number of quaternary nitrogens is 2. The van der Waals surface area contributed by atoms with Gasteiger partial charge in [0.2, 0.25) is 0 Å². The first kappa shape index (κ1) is 22.5. The molecule has 6 heteroatoms. The van der Waals surface area contributed by atoms with Crippen LogP contribution in [0.4, 0.5) is 5.69 Å². The zero-order chi connectivity index (χ0) is 21.3. The van der Waals surface area contributed by atoms with Crippen LogP contribution < -0.4 is 20.4 Å². The lowest BCUT2D eigenvalue weighted by Gasteiger charge is -2.29. The Morgan fingerprint density at radius 1 is 0.967 bits per heavy atom. The van der Waals surface area contributed by atoms with Gasteiger partial charge >= 0.3 is 0 Å². The van der Waals surface area contributed by atoms with Gasteiger partial charge in [0.1, 0.15) is 26.2 Å². The number of anilines is 1. The van der Waals surface area contributed by atoms with Crippen molar-refractivity contribution in [2.75, 3.05) is 51.1 Å². The number of carbonyl (C=O) groups is 2. The molecule has 4 N–H and O–H groups in total. The highest BCUT2D eigenvalue weighted by Gasteiger charge is 2.26. The molecule has 2 amide bonds. The Balaban J connectivity index is 1.32. The maximum atomic E-state index is 12.4. The molecule has 30 heavy (non-hydrogen) atoms. The van der Waals surface area contributed by atoms with E-state index in [-0.39, 0.29) is 11.8 Å². The van der Waals surface area contributed by atoms with Crippen molar-refractivity contribution >= 4 is 17.5 Å². The largest absolute Gasteiger partial charge is 0.351 e. The van der Waals surface area contributed by atoms with Crippen molar-refractivity contribution in [2.45, 2.75) is 46.0 Å². The van der Waals surface area contributed by atoms with Crippen molar-refractivity contribution in [3.8, 4) is 0 Å². The zero-order valence-electron chi connectivity index (χ0n) is 18.6. The summed E-state index contributed by atoms with van der Waals surface area (Å²) in [5.74, 6) is 0.217. The third-order valence-electron chi connectivity index (χ3n) is 6.52. The highest BCUT2D eigenvalue weighted by Crippen LogP contribution is 2.19. The third kappa shape index (κ3) is 6.96. The topological polar surface area (TPSA) is 67.1 Å². The van der Waals surface area contributed by atoms with E-state index in [0.29, 0.717) is 13.1 Å². The van der Waals surface area contributed by atoms with E-state index in [9.17, 15) is 9.59 Å². The molecule has 6 nitrogen and oxygen atoms in total. The van der Waals surface area contributed by atoms with Crippen molar-refractivity contribution in [2.24, 2.45) is 0 Å². The van der Waals surface area contributed by atoms with Crippen LogP contribution in [0.3, 0.4) is 0 Å². The molecule has 1 heterocycles. The lowest BCUT2D eigenvalue weighted by atomic mass is 9.97. The second-order valence-corrected chi connectivity index (χ2v) is 8.86. The molecule has 0 aromatic heterocycles. The van der Waals surface area contributed by atoms with Crippen molar-refractivity contribution in [1.82, 2.24) is 5.32 Å². The van der Waals surface area contributed by atoms with Crippen molar-refractivity contribution in [3.63, 3.8) is 0 Å². The number of carbonyl (C=O) groups excluding carboxylic acids is 2. The smallest absolute Gasteiger partial charge is 0.279 e. The van der Waals surface area contributed by atoms with Gasteiger partial charge in [-0.2, -0.15) is 0 Å². The average Bonchev–Trinajstić information content (AvgIpc) is 2.74. The lowest BCUT2D eigenvalue weighted by Crippen LogP contribution is -3.28. The van der Waals surface area contributed by atoms with Gasteiger partial charge in [-0.1, -0.05) is 23.8 Å². The molecule has 0 unspecified atom stereocenters. The van der Waals surface area contributed by atoms with E-state index in [2.05, 4.69) is 29.7 Å². The Labute approximate surface area is 180 Å². The summed E-state index contributed by atoms with van der Waals surface area (Å²) < 4.78 is 0. The number of allylic oxidation sites excluding steroid dienone is 1. The SMILES string of the molecule is Cc1cccc(NC(=O)C[NH+]2CC[NH+](CC(=O)NCCC3=CCCCC3)CC2)c1C. The maximum Gasteiger partial charge on any atom is 0.279 e. The molecule has 0 bridgehead atoms. The summed E-state index contributed by atoms with van der Waals surface area (Å²) in [6.07, 6.45) is 8.33. The highest BCUT2D eigenvalue weighted by atomic mass is 16.2. The van der Waals surface area contributed by atoms with Gasteiger partial charge in [0.25, 0.3) is 11.8 Å². The Kier molecular flexibility index (Phi) is 8.46. The minimum Gasteiger partial charge on any atom is -0.351 e. The fourth-order valence-corrected chi connectivity index (χ4v) is 4.40. The fourth-order valence-electron chi connectivity index (χ4n) is 4.40. The van der Waals surface area contributed by atoms with Crippen LogP contribution in [0.15, 0.2) is 29.8 Å². The van der Waals surface area contributed by atoms with Crippen LogP contribution in [0.5, 0.6) is 0 Å². The summed E-state index contributed by atoms with van der Waals surface area (Å²) >= 11 is 0. The Morgan fingerprint density at radius 2 is 1.67 bits per heavy atom. The number of hydrogen-bond acceptors (Lipinski definition) is 2. The van der Waals surface area contributed by atoms with Gasteiger partial charge in [-0.05, 0) is 63.1 Å². The minimum absolute atomic E-state index is 0.0666. The summed E-state index contributed by atoms with van der Waals surface area (Å²) in [6, 6.07) is 5.99. The molecule has 0 atom stereocenters. The first-order valence-electron chi connectivity index (χ1n) is 11.5. The molecule has 0 radical (unpaired) electrons. The Bertz CT molecular complexity index is 766. The Hall–Kier alpha value is -2.18. The van der Waals surface area contributed by atoms with Crippen LogP contribution in [0, 0.1) is 13.8 Å². The second-order valence-electron chi connectivity index (χ2n) is 8.86. The summed E-state index contributed by atoms with van der Waals surface area (Å²) in [5, 5.41) is 6.14. The molecule has 1 aliphatic carbocycles. The predicted molar refractivity (Wildman–Crippen MR) is 120 cm³/mol. The number of nitrogens with one attached hydrogen (secondary N) is 4. The van der Waals surface area contributed by atoms with E-state index in [0.717, 1.165) is 50.4 Å². The fraction of sp³-hybridized carbons (Fsp3) is 0.583. The molecule has 164 valence electrons. The molecule has 0 spiro atoms. The predicted octanol–water partition coefficient (Wildman–Crippen LogP) is 0.0320. The minimum atomic E-state index is 0.0666. The monoisotopic (exact) mass is 414 g/mol. The number of benzene rings is 1. The van der Waals surface area contributed by atoms with Crippen molar-refractivity contribution in [3.05, 3.63) is 41.0 Å². The van der Waals surface area contributed by atoms with Crippen LogP contribution in [0.25, 0.3) is 0 Å². The highest BCUT2D eigenvalue weighted by molar-refractivity contribution is 5.92. The molecular weight excluding hydrogens is 376 g/mol. The maximum absolute atomic E-state index is 12.4. The second kappa shape index (κ2) is 11.3. The number of hydrogen-bond donors (Lipinski definition) is 4. The molecule has 3 rings (SSSR count). The molecule has 2 aliphatic rings. The number of rotatable bonds is 8. The van der Waals surface area contributed by atoms with Crippen molar-refractivity contribution in [1.29, 1.82) is 0 Å². The lowest BCUT2D eigenvalue weighted by molar-refractivity contribution is -1.00. The van der Waals surface area contributed by atoms with Gasteiger partial charge in [-0.3, -0.25) is 9.59 Å². The molecule has 1 saturated heterocycles. The van der Waals surface area contributed by atoms with Crippen LogP contribution in [0.1, 0.15) is 43.2 Å². The van der Waals surface area contributed by atoms with E-state index in [1.165, 1.54) is 46.6 Å². The van der Waals surface area contributed by atoms with Crippen LogP contribution in [0.2, 0.25) is 0 Å². The van der Waals surface area contributed by atoms with Gasteiger partial charge in [-0.25, -0.2) is 0 Å². The summed E-state index contributed by atoms with van der Waals surface area (Å²) in [6.45, 7) is 9.61. The van der Waals surface area contributed by atoms with E-state index in [1.54, 1.807) is 0 Å². The Morgan fingerprint density at radius 3 is 2.33 bits per heavy atom. The molecule has 0 saturated carbocycles. The third-order valence-corrected chi connectivity index (χ3v) is 6.52. The van der Waals surface area contributed by atoms with Crippen molar-refractivity contribution < 1.29 is 19.4 Å². The standard InChI is InChI=1S/C24H36N4O2/c1-19-7-6-10-22(20(19)2)26-24(30)18-28-15-13-27(14-16-28)17-23(29)25-12-11-21-8-4-3-5-9-21/h6-8,10H,3-5,9,11-18H2,1-2H3,(H,25,29)(H,26,30)/p+2. The molecule has 1 fully saturated rings. The first-order valence-corrected chi connectivity index (χ1v) is 11.5. The number of aryl methyl sites for hydroxylation is 1. The van der Waals surface area contributed by atoms with E-state index in [4.69, 9.17) is 0 Å². The van der Waals surface area contributed by atoms with Crippen LogP contribution in [-0.4, -0.2) is 57.6 Å². The zero-order valence-corrected chi connectivity index (χ0v) is 18.6. The van der Waals surface area contributed by atoms with E-state index >= 15 is 0 Å². The quantitative estimate of drug-likeness (QED) is 0.454. The summed E-state index contributed by atoms with van der Waals surface area (Å²) in [5.41, 5.74) is 4.72. The molecule has 1 aliphatic heterocycles. The van der Waals surface area contributed by atoms with Gasteiger partial charge in [-0.15, -0.1) is 0 Å². The van der Waals surface area contributed by atoms with E-state index in [1.807, 2.05) is 19.1 Å². The van der Waals surface area contributed by atoms with Gasteiger partial charge in [0, 0.05) is 12.2 Å². The normalized spacial score (nSPS) is 21.6. The molecular formula is C24H38N4O2+2. The molecule has 1 aromatic carbocycles. The van der Waals surface area contributed by atoms with Gasteiger partial charge in [0.15, 0.2) is 13.1 Å². The summed E-state index contributed by atoms with van der Waals surface area (Å²) in [7, 11) is 0. The first-order chi connectivity index (χ1) is 14.5. The summed E-state index contributed by atoms with van der Waals surface area (Å²) in [4.78, 5) is 27.3. The molecule has 1 aromatic rings.